The van der Waals surface area contributed by atoms with Crippen LogP contribution >= 0.6 is 0 Å². The van der Waals surface area contributed by atoms with Gasteiger partial charge in [-0.2, -0.15) is 0 Å². The summed E-state index contributed by atoms with van der Waals surface area (Å²) in [6, 6.07) is 31.4. The summed E-state index contributed by atoms with van der Waals surface area (Å²) in [5.74, 6) is 1.18. The average molecular weight is 443 g/mol. The first kappa shape index (κ1) is 20.7. The van der Waals surface area contributed by atoms with Gasteiger partial charge in [-0.25, -0.2) is 0 Å². The molecule has 0 aliphatic heterocycles. The van der Waals surface area contributed by atoms with E-state index in [0.29, 0.717) is 19.4 Å². The topological polar surface area (TPSA) is 26.3 Å². The van der Waals surface area contributed by atoms with Gasteiger partial charge in [0, 0.05) is 18.4 Å². The van der Waals surface area contributed by atoms with Crippen molar-refractivity contribution in [1.82, 2.24) is 0 Å². The van der Waals surface area contributed by atoms with E-state index in [1.54, 1.807) is 0 Å². The molecule has 0 unspecified atom stereocenters. The molecule has 2 heteroatoms. The van der Waals surface area contributed by atoms with Gasteiger partial charge in [-0.05, 0) is 68.1 Å². The number of hydrogen-bond donors (Lipinski definition) is 0. The fourth-order valence-electron chi connectivity index (χ4n) is 5.28. The zero-order valence-corrected chi connectivity index (χ0v) is 19.1. The van der Waals surface area contributed by atoms with Crippen LogP contribution in [0.4, 0.5) is 0 Å². The third-order valence-corrected chi connectivity index (χ3v) is 7.01. The summed E-state index contributed by atoms with van der Waals surface area (Å²) < 4.78 is 6.06. The number of carbonyl (C=O) groups excluding carboxylic acids is 1. The third kappa shape index (κ3) is 3.86. The molecule has 0 fully saturated rings. The van der Waals surface area contributed by atoms with E-state index in [9.17, 15) is 4.79 Å². The van der Waals surface area contributed by atoms with Crippen molar-refractivity contribution in [2.24, 2.45) is 0 Å². The smallest absolute Gasteiger partial charge is 0.160 e. The van der Waals surface area contributed by atoms with Crippen LogP contribution in [0, 0.1) is 10.4 Å². The zero-order chi connectivity index (χ0) is 22.9. The maximum absolute atomic E-state index is 12.9. The Hall–Kier alpha value is -3.91. The molecule has 0 amide bonds. The minimum Gasteiger partial charge on any atom is -0.489 e. The molecule has 0 aromatic heterocycles. The molecule has 2 nitrogen and oxygen atoms in total. The van der Waals surface area contributed by atoms with Gasteiger partial charge < -0.3 is 4.74 Å². The molecular weight excluding hydrogens is 416 g/mol. The number of Topliss-reactive ketones (excluding diaryl/α,β-unsaturated/α-hetero) is 1. The van der Waals surface area contributed by atoms with Crippen LogP contribution < -0.4 is 15.2 Å². The number of ketones is 1. The number of rotatable bonds is 5. The van der Waals surface area contributed by atoms with Crippen molar-refractivity contribution in [3.05, 3.63) is 134 Å². The quantitative estimate of drug-likeness (QED) is 0.444. The Kier molecular flexibility index (Phi) is 5.35. The lowest BCUT2D eigenvalue weighted by Gasteiger charge is -2.20. The third-order valence-electron chi connectivity index (χ3n) is 7.01. The van der Waals surface area contributed by atoms with Crippen molar-refractivity contribution in [2.75, 3.05) is 0 Å². The van der Waals surface area contributed by atoms with E-state index in [4.69, 9.17) is 4.74 Å². The van der Waals surface area contributed by atoms with E-state index in [-0.39, 0.29) is 5.78 Å². The van der Waals surface area contributed by atoms with Crippen LogP contribution in [-0.4, -0.2) is 5.78 Å². The van der Waals surface area contributed by atoms with E-state index in [1.807, 2.05) is 36.4 Å². The largest absolute Gasteiger partial charge is 0.489 e. The second-order valence-electron chi connectivity index (χ2n) is 9.11. The van der Waals surface area contributed by atoms with Crippen molar-refractivity contribution in [1.29, 1.82) is 0 Å². The summed E-state index contributed by atoms with van der Waals surface area (Å²) in [7, 11) is 0. The summed E-state index contributed by atoms with van der Waals surface area (Å²) in [6.45, 7) is 0.567. The van der Waals surface area contributed by atoms with Gasteiger partial charge in [0.25, 0.3) is 0 Å². The standard InChI is InChI=1S/C32H26O2/c33-32-18-17-29-28-13-11-24-20-25(34-21-23-9-5-2-6-10-23)12-14-26(24)27(28)15-16-30(29)31(32)19-22-7-3-1-4-8-22/h1-12,14-16,20H,13,17-19,21H2. The highest BCUT2D eigenvalue weighted by molar-refractivity contribution is 6.16. The van der Waals surface area contributed by atoms with Crippen molar-refractivity contribution in [3.8, 4) is 5.75 Å². The van der Waals surface area contributed by atoms with Gasteiger partial charge in [0.1, 0.15) is 12.4 Å². The molecule has 4 aromatic carbocycles. The predicted octanol–water partition coefficient (Wildman–Crippen LogP) is 4.80. The molecular formula is C32H26O2. The van der Waals surface area contributed by atoms with Gasteiger partial charge in [0.05, 0.1) is 0 Å². The van der Waals surface area contributed by atoms with Crippen molar-refractivity contribution < 1.29 is 9.53 Å². The first-order valence-corrected chi connectivity index (χ1v) is 12.0. The lowest BCUT2D eigenvalue weighted by molar-refractivity contribution is -0.114. The Balaban J connectivity index is 1.42. The number of hydrogen-bond acceptors (Lipinski definition) is 2. The fraction of sp³-hybridized carbons (Fsp3) is 0.156. The molecule has 34 heavy (non-hydrogen) atoms. The van der Waals surface area contributed by atoms with Gasteiger partial charge in [-0.1, -0.05) is 84.9 Å². The highest BCUT2D eigenvalue weighted by Crippen LogP contribution is 2.22. The van der Waals surface area contributed by atoms with Crippen LogP contribution in [0.15, 0.2) is 91.0 Å². The average Bonchev–Trinajstić information content (AvgIpc) is 2.89. The number of fused-ring (bicyclic) bond motifs is 4. The maximum atomic E-state index is 12.9. The molecule has 0 heterocycles. The first-order valence-electron chi connectivity index (χ1n) is 12.0. The van der Waals surface area contributed by atoms with Crippen molar-refractivity contribution in [2.45, 2.75) is 32.3 Å². The highest BCUT2D eigenvalue weighted by Gasteiger charge is 2.21. The van der Waals surface area contributed by atoms with E-state index in [0.717, 1.165) is 29.4 Å². The zero-order valence-electron chi connectivity index (χ0n) is 19.1. The Labute approximate surface area is 199 Å². The van der Waals surface area contributed by atoms with E-state index < -0.39 is 0 Å². The molecule has 0 bridgehead atoms. The van der Waals surface area contributed by atoms with Gasteiger partial charge in [0.15, 0.2) is 5.78 Å². The molecule has 2 aliphatic carbocycles. The molecule has 0 atom stereocenters. The number of ether oxygens (including phenoxy) is 1. The van der Waals surface area contributed by atoms with Crippen LogP contribution in [0.25, 0.3) is 11.6 Å². The van der Waals surface area contributed by atoms with Crippen molar-refractivity contribution in [3.63, 3.8) is 0 Å². The molecule has 0 spiro atoms. The van der Waals surface area contributed by atoms with Crippen LogP contribution in [0.1, 0.15) is 28.7 Å². The summed E-state index contributed by atoms with van der Waals surface area (Å²) in [6.07, 6.45) is 5.33. The van der Waals surface area contributed by atoms with Crippen LogP contribution in [0.5, 0.6) is 5.75 Å². The molecule has 0 saturated carbocycles. The monoisotopic (exact) mass is 442 g/mol. The first-order chi connectivity index (χ1) is 16.8. The van der Waals surface area contributed by atoms with E-state index in [1.165, 1.54) is 37.9 Å². The molecule has 4 aromatic rings. The summed E-state index contributed by atoms with van der Waals surface area (Å²) in [4.78, 5) is 12.9. The lowest BCUT2D eigenvalue weighted by atomic mass is 9.83. The van der Waals surface area contributed by atoms with E-state index in [2.05, 4.69) is 60.7 Å². The lowest BCUT2D eigenvalue weighted by Crippen LogP contribution is -2.28. The second-order valence-corrected chi connectivity index (χ2v) is 9.11. The van der Waals surface area contributed by atoms with Crippen LogP contribution in [0.2, 0.25) is 0 Å². The molecule has 0 N–H and O–H groups in total. The minimum absolute atomic E-state index is 0.289. The Morgan fingerprint density at radius 3 is 2.18 bits per heavy atom. The van der Waals surface area contributed by atoms with Gasteiger partial charge in [-0.3, -0.25) is 4.79 Å². The molecule has 6 rings (SSSR count). The Bertz CT molecular complexity index is 1600. The Morgan fingerprint density at radius 1 is 0.676 bits per heavy atom. The maximum Gasteiger partial charge on any atom is 0.160 e. The van der Waals surface area contributed by atoms with E-state index >= 15 is 0 Å². The molecule has 166 valence electrons. The fourth-order valence-corrected chi connectivity index (χ4v) is 5.28. The van der Waals surface area contributed by atoms with Crippen molar-refractivity contribution >= 4 is 17.4 Å². The van der Waals surface area contributed by atoms with Gasteiger partial charge in [-0.15, -0.1) is 0 Å². The second kappa shape index (κ2) is 8.79. The van der Waals surface area contributed by atoms with Crippen LogP contribution in [0.3, 0.4) is 0 Å². The highest BCUT2D eigenvalue weighted by atomic mass is 16.5. The van der Waals surface area contributed by atoms with Gasteiger partial charge in [0.2, 0.25) is 0 Å². The van der Waals surface area contributed by atoms with Crippen LogP contribution in [-0.2, 0) is 30.7 Å². The molecule has 0 radical (unpaired) electrons. The summed E-state index contributed by atoms with van der Waals surface area (Å²) in [5, 5.41) is 4.91. The SMILES string of the molecule is O=C1CCc2c3c(ccc2=C1Cc1ccccc1)=c1ccc(OCc2ccccc2)cc1=CC3. The summed E-state index contributed by atoms with van der Waals surface area (Å²) in [5.41, 5.74) is 6.05. The molecule has 0 saturated heterocycles. The summed E-state index contributed by atoms with van der Waals surface area (Å²) >= 11 is 0. The normalized spacial score (nSPS) is 14.0. The predicted molar refractivity (Wildman–Crippen MR) is 136 cm³/mol. The number of carbonyl (C=O) groups is 1. The minimum atomic E-state index is 0.289. The Morgan fingerprint density at radius 2 is 1.38 bits per heavy atom. The van der Waals surface area contributed by atoms with Gasteiger partial charge >= 0.3 is 0 Å². The number of benzene rings is 4. The molecule has 2 aliphatic rings.